The maximum absolute atomic E-state index is 12.2. The number of rotatable bonds is 10. The Balaban J connectivity index is 1.79. The number of hydrogen-bond acceptors (Lipinski definition) is 7. The van der Waals surface area contributed by atoms with Gasteiger partial charge in [-0.2, -0.15) is 10.2 Å². The molecule has 0 bridgehead atoms. The fourth-order valence-electron chi connectivity index (χ4n) is 2.40. The summed E-state index contributed by atoms with van der Waals surface area (Å²) in [6.45, 7) is 3.43. The topological polar surface area (TPSA) is 101 Å². The van der Waals surface area contributed by atoms with Gasteiger partial charge in [-0.3, -0.25) is 9.59 Å². The minimum absolute atomic E-state index is 0.302. The molecule has 0 saturated carbocycles. The zero-order chi connectivity index (χ0) is 22.6. The Morgan fingerprint density at radius 3 is 1.65 bits per heavy atom. The van der Waals surface area contributed by atoms with Gasteiger partial charge in [0.2, 0.25) is 0 Å². The average Bonchev–Trinajstić information content (AvgIpc) is 2.79. The molecule has 0 aliphatic carbocycles. The van der Waals surface area contributed by atoms with Crippen LogP contribution >= 0.6 is 11.8 Å². The third kappa shape index (κ3) is 8.13. The van der Waals surface area contributed by atoms with E-state index in [1.165, 1.54) is 24.2 Å². The Morgan fingerprint density at radius 1 is 0.839 bits per heavy atom. The van der Waals surface area contributed by atoms with E-state index in [-0.39, 0.29) is 11.8 Å². The molecule has 2 aromatic rings. The van der Waals surface area contributed by atoms with E-state index in [9.17, 15) is 9.59 Å². The Labute approximate surface area is 186 Å². The van der Waals surface area contributed by atoms with Gasteiger partial charge in [-0.05, 0) is 49.2 Å². The number of hydrazone groups is 2. The number of ether oxygens (including phenoxy) is 2. The van der Waals surface area contributed by atoms with Gasteiger partial charge in [-0.15, -0.1) is 11.8 Å². The van der Waals surface area contributed by atoms with Crippen LogP contribution in [0.2, 0.25) is 0 Å². The van der Waals surface area contributed by atoms with E-state index < -0.39 is 10.5 Å². The highest BCUT2D eigenvalue weighted by molar-refractivity contribution is 8.01. The average molecular weight is 443 g/mol. The van der Waals surface area contributed by atoms with Crippen LogP contribution in [0.4, 0.5) is 0 Å². The summed E-state index contributed by atoms with van der Waals surface area (Å²) in [5, 5.41) is 6.96. The molecule has 0 heterocycles. The molecule has 0 saturated heterocycles. The van der Waals surface area contributed by atoms with Crippen LogP contribution in [0.15, 0.2) is 58.7 Å². The van der Waals surface area contributed by atoms with Crippen LogP contribution in [0.1, 0.15) is 25.0 Å². The van der Waals surface area contributed by atoms with Gasteiger partial charge in [0.05, 0.1) is 37.1 Å². The number of carbonyl (C=O) groups excluding carboxylic acids is 2. The molecule has 0 aromatic heterocycles. The molecule has 31 heavy (non-hydrogen) atoms. The number of nitrogens with one attached hydrogen (secondary N) is 2. The van der Waals surface area contributed by atoms with Crippen LogP contribution in [0.5, 0.6) is 11.5 Å². The third-order valence-corrected chi connectivity index (χ3v) is 5.36. The monoisotopic (exact) mass is 442 g/mol. The van der Waals surface area contributed by atoms with Gasteiger partial charge in [0, 0.05) is 0 Å². The Bertz CT molecular complexity index is 873. The second-order valence-corrected chi connectivity index (χ2v) is 8.13. The Hall–Kier alpha value is -3.33. The highest BCUT2D eigenvalue weighted by atomic mass is 32.2. The van der Waals surface area contributed by atoms with Crippen LogP contribution in [0.3, 0.4) is 0 Å². The molecule has 0 spiro atoms. The van der Waals surface area contributed by atoms with Crippen LogP contribution in [-0.4, -0.2) is 49.0 Å². The number of benzene rings is 2. The van der Waals surface area contributed by atoms with E-state index in [2.05, 4.69) is 21.1 Å². The maximum Gasteiger partial charge on any atom is 0.252 e. The SMILES string of the molecule is COc1cccc(/C=N/NC(=O)[C@H](C)S[C@H](C)C(=O)N/N=C/c2cccc(OC)c2)c1. The number of methoxy groups -OCH3 is 2. The van der Waals surface area contributed by atoms with Crippen LogP contribution in [0, 0.1) is 0 Å². The van der Waals surface area contributed by atoms with Gasteiger partial charge in [-0.1, -0.05) is 24.3 Å². The van der Waals surface area contributed by atoms with Crippen molar-refractivity contribution in [3.05, 3.63) is 59.7 Å². The van der Waals surface area contributed by atoms with Gasteiger partial charge >= 0.3 is 0 Å². The predicted octanol–water partition coefficient (Wildman–Crippen LogP) is 2.81. The first-order valence-electron chi connectivity index (χ1n) is 9.52. The quantitative estimate of drug-likeness (QED) is 0.435. The van der Waals surface area contributed by atoms with Crippen molar-refractivity contribution >= 4 is 36.0 Å². The molecule has 8 nitrogen and oxygen atoms in total. The van der Waals surface area contributed by atoms with E-state index in [4.69, 9.17) is 9.47 Å². The first-order chi connectivity index (χ1) is 14.9. The number of nitrogens with zero attached hydrogens (tertiary/aromatic N) is 2. The molecule has 2 atom stereocenters. The van der Waals surface area contributed by atoms with Crippen molar-refractivity contribution in [1.29, 1.82) is 0 Å². The largest absolute Gasteiger partial charge is 0.497 e. The summed E-state index contributed by atoms with van der Waals surface area (Å²) in [6, 6.07) is 14.6. The van der Waals surface area contributed by atoms with Gasteiger partial charge < -0.3 is 9.47 Å². The number of carbonyl (C=O) groups is 2. The van der Waals surface area contributed by atoms with Crippen LogP contribution in [-0.2, 0) is 9.59 Å². The predicted molar refractivity (Wildman–Crippen MR) is 124 cm³/mol. The van der Waals surface area contributed by atoms with Crippen LogP contribution in [0.25, 0.3) is 0 Å². The van der Waals surface area contributed by atoms with E-state index >= 15 is 0 Å². The summed E-state index contributed by atoms with van der Waals surface area (Å²) in [5.74, 6) is 0.800. The van der Waals surface area contributed by atoms with Gasteiger partial charge in [0.25, 0.3) is 11.8 Å². The van der Waals surface area contributed by atoms with Crippen molar-refractivity contribution in [2.45, 2.75) is 24.3 Å². The standard InChI is InChI=1S/C22H26N4O4S/c1-15(21(27)25-23-13-17-7-5-9-19(11-17)29-3)31-16(2)22(28)26-24-14-18-8-6-10-20(12-18)30-4/h5-16H,1-4H3,(H,25,27)(H,26,28)/b23-13+,24-14+/t15-,16+. The third-order valence-electron chi connectivity index (χ3n) is 4.11. The summed E-state index contributed by atoms with van der Waals surface area (Å²) in [7, 11) is 3.16. The molecule has 0 radical (unpaired) electrons. The lowest BCUT2D eigenvalue weighted by Gasteiger charge is -2.14. The van der Waals surface area contributed by atoms with Crippen molar-refractivity contribution in [3.63, 3.8) is 0 Å². The van der Waals surface area contributed by atoms with E-state index in [0.717, 1.165) is 11.1 Å². The second kappa shape index (κ2) is 12.4. The maximum atomic E-state index is 12.2. The molecule has 0 unspecified atom stereocenters. The van der Waals surface area contributed by atoms with E-state index in [0.29, 0.717) is 11.5 Å². The van der Waals surface area contributed by atoms with Crippen molar-refractivity contribution in [2.24, 2.45) is 10.2 Å². The normalized spacial score (nSPS) is 13.0. The Morgan fingerprint density at radius 2 is 1.26 bits per heavy atom. The smallest absolute Gasteiger partial charge is 0.252 e. The zero-order valence-electron chi connectivity index (χ0n) is 17.9. The summed E-state index contributed by atoms with van der Waals surface area (Å²) >= 11 is 1.21. The minimum atomic E-state index is -0.481. The first-order valence-corrected chi connectivity index (χ1v) is 10.5. The lowest BCUT2D eigenvalue weighted by molar-refractivity contribution is -0.120. The highest BCUT2D eigenvalue weighted by Gasteiger charge is 2.21. The lowest BCUT2D eigenvalue weighted by Crippen LogP contribution is -2.33. The summed E-state index contributed by atoms with van der Waals surface area (Å²) in [5.41, 5.74) is 6.55. The van der Waals surface area contributed by atoms with Crippen molar-refractivity contribution in [1.82, 2.24) is 10.9 Å². The molecule has 2 N–H and O–H groups in total. The summed E-state index contributed by atoms with van der Waals surface area (Å²) < 4.78 is 10.3. The van der Waals surface area contributed by atoms with Crippen LogP contribution < -0.4 is 20.3 Å². The second-order valence-electron chi connectivity index (χ2n) is 6.44. The summed E-state index contributed by atoms with van der Waals surface area (Å²) in [4.78, 5) is 24.5. The highest BCUT2D eigenvalue weighted by Crippen LogP contribution is 2.18. The molecule has 2 aromatic carbocycles. The summed E-state index contributed by atoms with van der Waals surface area (Å²) in [6.07, 6.45) is 3.06. The number of hydrogen-bond donors (Lipinski definition) is 2. The van der Waals surface area contributed by atoms with Gasteiger partial charge in [0.15, 0.2) is 0 Å². The number of amides is 2. The molecule has 2 amide bonds. The van der Waals surface area contributed by atoms with Gasteiger partial charge in [0.1, 0.15) is 11.5 Å². The van der Waals surface area contributed by atoms with Crippen molar-refractivity contribution < 1.29 is 19.1 Å². The van der Waals surface area contributed by atoms with E-state index in [1.54, 1.807) is 40.2 Å². The molecule has 0 fully saturated rings. The van der Waals surface area contributed by atoms with Crippen molar-refractivity contribution in [3.8, 4) is 11.5 Å². The fraction of sp³-hybridized carbons (Fsp3) is 0.273. The molecule has 0 aliphatic heterocycles. The lowest BCUT2D eigenvalue weighted by atomic mass is 10.2. The minimum Gasteiger partial charge on any atom is -0.497 e. The molecule has 164 valence electrons. The molecule has 9 heteroatoms. The molecular formula is C22H26N4O4S. The van der Waals surface area contributed by atoms with E-state index in [1.807, 2.05) is 36.4 Å². The fourth-order valence-corrected chi connectivity index (χ4v) is 3.36. The molecular weight excluding hydrogens is 416 g/mol. The van der Waals surface area contributed by atoms with Crippen molar-refractivity contribution in [2.75, 3.05) is 14.2 Å². The molecule has 0 aliphatic rings. The zero-order valence-corrected chi connectivity index (χ0v) is 18.7. The first kappa shape index (κ1) is 23.9. The Kier molecular flexibility index (Phi) is 9.57. The number of thioether (sulfide) groups is 1. The molecule has 2 rings (SSSR count). The van der Waals surface area contributed by atoms with Gasteiger partial charge in [-0.25, -0.2) is 10.9 Å².